The Hall–Kier alpha value is -2.40. The maximum absolute atomic E-state index is 12.6. The van der Waals surface area contributed by atoms with Crippen molar-refractivity contribution in [3.05, 3.63) is 71.3 Å². The molecule has 0 unspecified atom stereocenters. The van der Waals surface area contributed by atoms with Gasteiger partial charge in [-0.25, -0.2) is 0 Å². The minimum Gasteiger partial charge on any atom is -0.359 e. The third kappa shape index (κ3) is 5.30. The first-order valence-corrected chi connectivity index (χ1v) is 9.57. The van der Waals surface area contributed by atoms with Gasteiger partial charge in [-0.3, -0.25) is 4.79 Å². The van der Waals surface area contributed by atoms with Crippen molar-refractivity contribution >= 4 is 23.2 Å². The summed E-state index contributed by atoms with van der Waals surface area (Å²) in [6.07, 6.45) is 3.43. The number of rotatable bonds is 5. The van der Waals surface area contributed by atoms with Crippen molar-refractivity contribution in [2.45, 2.75) is 32.4 Å². The van der Waals surface area contributed by atoms with Crippen molar-refractivity contribution in [3.63, 3.8) is 0 Å². The van der Waals surface area contributed by atoms with Gasteiger partial charge in [-0.15, -0.1) is 0 Å². The Balaban J connectivity index is 1.50. The maximum atomic E-state index is 12.6. The number of amides is 1. The molecule has 1 heterocycles. The van der Waals surface area contributed by atoms with Gasteiger partial charge in [0.05, 0.1) is 0 Å². The molecule has 2 aromatic carbocycles. The molecule has 0 aliphatic carbocycles. The molecular weight excluding hydrogens is 342 g/mol. The number of benzene rings is 2. The molecule has 1 aliphatic heterocycles. The SMILES string of the molecule is O=C(c1cccc(CNC(=S)NCc2ccccc2)c1)N1CCCCC1. The smallest absolute Gasteiger partial charge is 0.253 e. The summed E-state index contributed by atoms with van der Waals surface area (Å²) in [5.41, 5.74) is 3.00. The van der Waals surface area contributed by atoms with E-state index >= 15 is 0 Å². The van der Waals surface area contributed by atoms with Gasteiger partial charge < -0.3 is 15.5 Å². The maximum Gasteiger partial charge on any atom is 0.253 e. The molecule has 0 spiro atoms. The van der Waals surface area contributed by atoms with Crippen LogP contribution in [0.2, 0.25) is 0 Å². The van der Waals surface area contributed by atoms with Gasteiger partial charge in [-0.05, 0) is 54.7 Å². The number of piperidine rings is 1. The number of nitrogens with zero attached hydrogens (tertiary/aromatic N) is 1. The highest BCUT2D eigenvalue weighted by molar-refractivity contribution is 7.80. The first-order valence-electron chi connectivity index (χ1n) is 9.16. The van der Waals surface area contributed by atoms with E-state index in [0.717, 1.165) is 37.1 Å². The van der Waals surface area contributed by atoms with E-state index in [-0.39, 0.29) is 5.91 Å². The summed E-state index contributed by atoms with van der Waals surface area (Å²) >= 11 is 5.34. The van der Waals surface area contributed by atoms with Crippen LogP contribution < -0.4 is 10.6 Å². The average Bonchev–Trinajstić information content (AvgIpc) is 2.72. The number of carbonyl (C=O) groups is 1. The Morgan fingerprint density at radius 1 is 0.885 bits per heavy atom. The van der Waals surface area contributed by atoms with Crippen LogP contribution in [0.25, 0.3) is 0 Å². The standard InChI is InChI=1S/C21H25N3OS/c25-20(24-12-5-2-6-13-24)19-11-7-10-18(14-19)16-23-21(26)22-15-17-8-3-1-4-9-17/h1,3-4,7-11,14H,2,5-6,12-13,15-16H2,(H2,22,23,26). The molecule has 0 atom stereocenters. The van der Waals surface area contributed by atoms with Crippen molar-refractivity contribution in [1.29, 1.82) is 0 Å². The molecule has 3 rings (SSSR count). The number of hydrogen-bond acceptors (Lipinski definition) is 2. The Morgan fingerprint density at radius 3 is 2.27 bits per heavy atom. The molecule has 136 valence electrons. The van der Waals surface area contributed by atoms with Crippen molar-refractivity contribution in [2.24, 2.45) is 0 Å². The van der Waals surface area contributed by atoms with E-state index in [1.165, 1.54) is 12.0 Å². The number of likely N-dealkylation sites (tertiary alicyclic amines) is 1. The Kier molecular flexibility index (Phi) is 6.61. The van der Waals surface area contributed by atoms with Crippen molar-refractivity contribution in [1.82, 2.24) is 15.5 Å². The normalized spacial score (nSPS) is 13.9. The molecule has 0 bridgehead atoms. The minimum absolute atomic E-state index is 0.135. The molecule has 1 aliphatic rings. The molecule has 1 amide bonds. The van der Waals surface area contributed by atoms with Gasteiger partial charge in [0.15, 0.2) is 5.11 Å². The fourth-order valence-electron chi connectivity index (χ4n) is 3.12. The van der Waals surface area contributed by atoms with Gasteiger partial charge >= 0.3 is 0 Å². The van der Waals surface area contributed by atoms with Gasteiger partial charge in [0.1, 0.15) is 0 Å². The predicted octanol–water partition coefficient (Wildman–Crippen LogP) is 3.48. The van der Waals surface area contributed by atoms with Crippen LogP contribution in [0.5, 0.6) is 0 Å². The number of hydrogen-bond donors (Lipinski definition) is 2. The fraction of sp³-hybridized carbons (Fsp3) is 0.333. The molecule has 1 fully saturated rings. The summed E-state index contributed by atoms with van der Waals surface area (Å²) in [5, 5.41) is 7.03. The molecule has 2 aromatic rings. The second kappa shape index (κ2) is 9.34. The summed E-state index contributed by atoms with van der Waals surface area (Å²) < 4.78 is 0. The van der Waals surface area contributed by atoms with Crippen LogP contribution >= 0.6 is 12.2 Å². The molecule has 0 aromatic heterocycles. The van der Waals surface area contributed by atoms with Crippen molar-refractivity contribution in [3.8, 4) is 0 Å². The average molecular weight is 368 g/mol. The van der Waals surface area contributed by atoms with Crippen LogP contribution in [-0.2, 0) is 13.1 Å². The number of nitrogens with one attached hydrogen (secondary N) is 2. The lowest BCUT2D eigenvalue weighted by Gasteiger charge is -2.26. The quantitative estimate of drug-likeness (QED) is 0.794. The van der Waals surface area contributed by atoms with E-state index in [9.17, 15) is 4.79 Å². The first-order chi connectivity index (χ1) is 12.7. The molecule has 26 heavy (non-hydrogen) atoms. The van der Waals surface area contributed by atoms with Crippen LogP contribution in [0.4, 0.5) is 0 Å². The molecule has 0 radical (unpaired) electrons. The zero-order chi connectivity index (χ0) is 18.2. The largest absolute Gasteiger partial charge is 0.359 e. The van der Waals surface area contributed by atoms with E-state index in [2.05, 4.69) is 22.8 Å². The Morgan fingerprint density at radius 2 is 1.54 bits per heavy atom. The van der Waals surface area contributed by atoms with Gasteiger partial charge in [0, 0.05) is 31.7 Å². The van der Waals surface area contributed by atoms with E-state index in [4.69, 9.17) is 12.2 Å². The zero-order valence-corrected chi connectivity index (χ0v) is 15.7. The highest BCUT2D eigenvalue weighted by atomic mass is 32.1. The molecular formula is C21H25N3OS. The summed E-state index contributed by atoms with van der Waals surface area (Å²) in [7, 11) is 0. The highest BCUT2D eigenvalue weighted by Crippen LogP contribution is 2.14. The Bertz CT molecular complexity index is 742. The molecule has 2 N–H and O–H groups in total. The monoisotopic (exact) mass is 367 g/mol. The third-order valence-electron chi connectivity index (χ3n) is 4.57. The molecule has 5 heteroatoms. The fourth-order valence-corrected chi connectivity index (χ4v) is 3.26. The predicted molar refractivity (Wildman–Crippen MR) is 109 cm³/mol. The van der Waals surface area contributed by atoms with Gasteiger partial charge in [-0.2, -0.15) is 0 Å². The lowest BCUT2D eigenvalue weighted by Crippen LogP contribution is -2.36. The second-order valence-corrected chi connectivity index (χ2v) is 6.98. The van der Waals surface area contributed by atoms with Crippen molar-refractivity contribution < 1.29 is 4.79 Å². The van der Waals surface area contributed by atoms with Gasteiger partial charge in [-0.1, -0.05) is 42.5 Å². The van der Waals surface area contributed by atoms with Gasteiger partial charge in [0.2, 0.25) is 0 Å². The van der Waals surface area contributed by atoms with E-state index in [1.54, 1.807) is 0 Å². The minimum atomic E-state index is 0.135. The molecule has 0 saturated carbocycles. The third-order valence-corrected chi connectivity index (χ3v) is 4.85. The summed E-state index contributed by atoms with van der Waals surface area (Å²) in [5.74, 6) is 0.135. The number of carbonyl (C=O) groups excluding carboxylic acids is 1. The van der Waals surface area contributed by atoms with E-state index in [1.807, 2.05) is 47.4 Å². The van der Waals surface area contributed by atoms with E-state index in [0.29, 0.717) is 18.2 Å². The van der Waals surface area contributed by atoms with E-state index < -0.39 is 0 Å². The van der Waals surface area contributed by atoms with Crippen LogP contribution in [0.15, 0.2) is 54.6 Å². The lowest BCUT2D eigenvalue weighted by molar-refractivity contribution is 0.0724. The molecule has 4 nitrogen and oxygen atoms in total. The van der Waals surface area contributed by atoms with Crippen molar-refractivity contribution in [2.75, 3.05) is 13.1 Å². The zero-order valence-electron chi connectivity index (χ0n) is 14.9. The van der Waals surface area contributed by atoms with Crippen LogP contribution in [0.3, 0.4) is 0 Å². The first kappa shape index (κ1) is 18.4. The summed E-state index contributed by atoms with van der Waals surface area (Å²) in [4.78, 5) is 14.6. The Labute approximate surface area is 160 Å². The summed E-state index contributed by atoms with van der Waals surface area (Å²) in [6, 6.07) is 18.0. The lowest BCUT2D eigenvalue weighted by atomic mass is 10.1. The van der Waals surface area contributed by atoms with Crippen LogP contribution in [0.1, 0.15) is 40.7 Å². The number of thiocarbonyl (C=S) groups is 1. The molecule has 1 saturated heterocycles. The van der Waals surface area contributed by atoms with Crippen LogP contribution in [0, 0.1) is 0 Å². The van der Waals surface area contributed by atoms with Crippen LogP contribution in [-0.4, -0.2) is 29.0 Å². The summed E-state index contributed by atoms with van der Waals surface area (Å²) in [6.45, 7) is 3.03. The van der Waals surface area contributed by atoms with Gasteiger partial charge in [0.25, 0.3) is 5.91 Å². The topological polar surface area (TPSA) is 44.4 Å². The highest BCUT2D eigenvalue weighted by Gasteiger charge is 2.18. The second-order valence-electron chi connectivity index (χ2n) is 6.58.